The predicted octanol–water partition coefficient (Wildman–Crippen LogP) is 2.04. The van der Waals surface area contributed by atoms with Crippen LogP contribution in [0.2, 0.25) is 0 Å². The van der Waals surface area contributed by atoms with Gasteiger partial charge in [-0.25, -0.2) is 4.52 Å². The monoisotopic (exact) mass is 378 g/mol. The molecular formula is C18H14N6O2S. The van der Waals surface area contributed by atoms with E-state index in [9.17, 15) is 8.42 Å². The zero-order chi connectivity index (χ0) is 19.6. The summed E-state index contributed by atoms with van der Waals surface area (Å²) in [6.45, 7) is 1.65. The average molecular weight is 378 g/mol. The molecule has 8 nitrogen and oxygen atoms in total. The van der Waals surface area contributed by atoms with Crippen molar-refractivity contribution in [1.29, 1.82) is 10.5 Å². The van der Waals surface area contributed by atoms with Gasteiger partial charge in [-0.2, -0.15) is 33.6 Å². The van der Waals surface area contributed by atoms with Crippen molar-refractivity contribution in [2.75, 3.05) is 7.05 Å². The third kappa shape index (κ3) is 3.36. The van der Waals surface area contributed by atoms with Gasteiger partial charge in [0, 0.05) is 18.8 Å². The minimum absolute atomic E-state index is 0.0211. The summed E-state index contributed by atoms with van der Waals surface area (Å²) in [6.07, 6.45) is 4.54. The first-order valence-electron chi connectivity index (χ1n) is 7.78. The number of aryl methyl sites for hydroxylation is 1. The molecule has 0 aliphatic carbocycles. The fourth-order valence-electron chi connectivity index (χ4n) is 2.46. The molecule has 0 spiro atoms. The third-order valence-corrected chi connectivity index (χ3v) is 5.77. The third-order valence-electron chi connectivity index (χ3n) is 3.98. The molecule has 3 aromatic rings. The van der Waals surface area contributed by atoms with Crippen LogP contribution < -0.4 is 0 Å². The molecule has 0 N–H and O–H groups in total. The summed E-state index contributed by atoms with van der Waals surface area (Å²) in [7, 11) is -2.60. The van der Waals surface area contributed by atoms with Gasteiger partial charge in [-0.1, -0.05) is 6.07 Å². The Kier molecular flexibility index (Phi) is 4.63. The minimum Gasteiger partial charge on any atom is -0.240 e. The molecule has 0 aliphatic heterocycles. The van der Waals surface area contributed by atoms with Crippen LogP contribution in [0.25, 0.3) is 5.52 Å². The van der Waals surface area contributed by atoms with Gasteiger partial charge in [-0.05, 0) is 36.8 Å². The van der Waals surface area contributed by atoms with E-state index in [2.05, 4.69) is 10.2 Å². The summed E-state index contributed by atoms with van der Waals surface area (Å²) >= 11 is 0. The summed E-state index contributed by atoms with van der Waals surface area (Å²) in [5, 5.41) is 26.2. The molecule has 9 heteroatoms. The largest absolute Gasteiger partial charge is 0.279 e. The van der Waals surface area contributed by atoms with E-state index in [-0.39, 0.29) is 10.5 Å². The lowest BCUT2D eigenvalue weighted by Gasteiger charge is -2.15. The van der Waals surface area contributed by atoms with Crippen LogP contribution in [-0.2, 0) is 10.0 Å². The standard InChI is InChI=1S/C18H14N6O2S/c1-13-3-4-14(9-19)8-18(13)27(25,26)23(2)21-11-16-12-22-24-6-5-15(10-20)7-17(16)24/h3-8,11-12H,1-2H3/b21-11-. The second kappa shape index (κ2) is 6.90. The van der Waals surface area contributed by atoms with Crippen LogP contribution in [0.1, 0.15) is 22.3 Å². The molecule has 0 fully saturated rings. The molecule has 2 aromatic heterocycles. The fourth-order valence-corrected chi connectivity index (χ4v) is 3.67. The lowest BCUT2D eigenvalue weighted by atomic mass is 10.2. The number of rotatable bonds is 4. The predicted molar refractivity (Wildman–Crippen MR) is 98.3 cm³/mol. The topological polar surface area (TPSA) is 115 Å². The number of nitriles is 2. The maximum atomic E-state index is 12.8. The molecule has 0 unspecified atom stereocenters. The zero-order valence-corrected chi connectivity index (χ0v) is 15.3. The lowest BCUT2D eigenvalue weighted by molar-refractivity contribution is 0.490. The minimum atomic E-state index is -3.92. The Labute approximate surface area is 156 Å². The highest BCUT2D eigenvalue weighted by molar-refractivity contribution is 7.89. The van der Waals surface area contributed by atoms with E-state index in [1.54, 1.807) is 41.9 Å². The molecule has 0 radical (unpaired) electrons. The van der Waals surface area contributed by atoms with Gasteiger partial charge in [-0.15, -0.1) is 0 Å². The first-order valence-corrected chi connectivity index (χ1v) is 9.22. The van der Waals surface area contributed by atoms with Crippen molar-refractivity contribution in [2.45, 2.75) is 11.8 Å². The zero-order valence-electron chi connectivity index (χ0n) is 14.5. The van der Waals surface area contributed by atoms with Crippen molar-refractivity contribution in [2.24, 2.45) is 5.10 Å². The van der Waals surface area contributed by atoms with Crippen molar-refractivity contribution < 1.29 is 8.42 Å². The SMILES string of the molecule is Cc1ccc(C#N)cc1S(=O)(=O)N(C)/N=C\c1cnn2ccc(C#N)cc12. The molecule has 0 saturated carbocycles. The van der Waals surface area contributed by atoms with Gasteiger partial charge in [0.05, 0.1) is 46.1 Å². The Bertz CT molecular complexity index is 1250. The number of pyridine rings is 1. The van der Waals surface area contributed by atoms with Crippen LogP contribution in [0.3, 0.4) is 0 Å². The Hall–Kier alpha value is -3.69. The number of sulfonamides is 1. The lowest BCUT2D eigenvalue weighted by Crippen LogP contribution is -2.22. The van der Waals surface area contributed by atoms with Gasteiger partial charge in [0.15, 0.2) is 0 Å². The maximum Gasteiger partial charge on any atom is 0.279 e. The maximum absolute atomic E-state index is 12.8. The van der Waals surface area contributed by atoms with Crippen molar-refractivity contribution in [1.82, 2.24) is 14.0 Å². The highest BCUT2D eigenvalue weighted by Gasteiger charge is 2.22. The molecule has 0 saturated heterocycles. The number of nitrogens with zero attached hydrogens (tertiary/aromatic N) is 6. The first kappa shape index (κ1) is 18.1. The van der Waals surface area contributed by atoms with Crippen molar-refractivity contribution in [3.05, 3.63) is 65.0 Å². The number of hydrogen-bond acceptors (Lipinski definition) is 6. The van der Waals surface area contributed by atoms with Crippen LogP contribution in [0.5, 0.6) is 0 Å². The Balaban J connectivity index is 1.96. The summed E-state index contributed by atoms with van der Waals surface area (Å²) in [5.41, 5.74) is 2.43. The van der Waals surface area contributed by atoms with Crippen LogP contribution >= 0.6 is 0 Å². The van der Waals surface area contributed by atoms with Crippen LogP contribution in [0.4, 0.5) is 0 Å². The van der Waals surface area contributed by atoms with E-state index in [1.165, 1.54) is 25.5 Å². The normalized spacial score (nSPS) is 11.4. The van der Waals surface area contributed by atoms with Crippen LogP contribution in [0.15, 0.2) is 52.7 Å². The van der Waals surface area contributed by atoms with E-state index in [1.807, 2.05) is 12.1 Å². The molecule has 27 heavy (non-hydrogen) atoms. The van der Waals surface area contributed by atoms with Crippen molar-refractivity contribution >= 4 is 21.8 Å². The fraction of sp³-hybridized carbons (Fsp3) is 0.111. The summed E-state index contributed by atoms with van der Waals surface area (Å²) in [5.74, 6) is 0. The van der Waals surface area contributed by atoms with Gasteiger partial charge in [0.25, 0.3) is 10.0 Å². The number of hydrogen-bond donors (Lipinski definition) is 0. The molecule has 1 aromatic carbocycles. The van der Waals surface area contributed by atoms with Crippen LogP contribution in [0, 0.1) is 29.6 Å². The Morgan fingerprint density at radius 2 is 1.89 bits per heavy atom. The highest BCUT2D eigenvalue weighted by Crippen LogP contribution is 2.21. The number of benzene rings is 1. The van der Waals surface area contributed by atoms with Gasteiger partial charge in [0.1, 0.15) is 0 Å². The second-order valence-electron chi connectivity index (χ2n) is 5.73. The molecule has 134 valence electrons. The Morgan fingerprint density at radius 3 is 2.59 bits per heavy atom. The van der Waals surface area contributed by atoms with Gasteiger partial charge < -0.3 is 0 Å². The number of aromatic nitrogens is 2. The quantitative estimate of drug-likeness (QED) is 0.509. The number of fused-ring (bicyclic) bond motifs is 1. The molecule has 2 heterocycles. The van der Waals surface area contributed by atoms with Crippen LogP contribution in [-0.4, -0.2) is 35.7 Å². The van der Waals surface area contributed by atoms with Gasteiger partial charge in [-0.3, -0.25) is 0 Å². The first-order chi connectivity index (χ1) is 12.9. The van der Waals surface area contributed by atoms with E-state index in [0.717, 1.165) is 4.41 Å². The van der Waals surface area contributed by atoms with Crippen molar-refractivity contribution in [3.63, 3.8) is 0 Å². The van der Waals surface area contributed by atoms with E-state index >= 15 is 0 Å². The molecule has 0 amide bonds. The van der Waals surface area contributed by atoms with E-state index < -0.39 is 10.0 Å². The average Bonchev–Trinajstić information content (AvgIpc) is 3.08. The summed E-state index contributed by atoms with van der Waals surface area (Å²) in [6, 6.07) is 11.7. The van der Waals surface area contributed by atoms with E-state index in [4.69, 9.17) is 10.5 Å². The highest BCUT2D eigenvalue weighted by atomic mass is 32.2. The van der Waals surface area contributed by atoms with Gasteiger partial charge >= 0.3 is 0 Å². The Morgan fingerprint density at radius 1 is 1.19 bits per heavy atom. The summed E-state index contributed by atoms with van der Waals surface area (Å²) in [4.78, 5) is 0.0211. The van der Waals surface area contributed by atoms with Gasteiger partial charge in [0.2, 0.25) is 0 Å². The number of hydrazone groups is 1. The van der Waals surface area contributed by atoms with Crippen molar-refractivity contribution in [3.8, 4) is 12.1 Å². The molecule has 0 aliphatic rings. The molecule has 3 rings (SSSR count). The smallest absolute Gasteiger partial charge is 0.240 e. The molecule has 0 bridgehead atoms. The molecular weight excluding hydrogens is 364 g/mol. The molecule has 0 atom stereocenters. The second-order valence-corrected chi connectivity index (χ2v) is 7.65. The van der Waals surface area contributed by atoms with E-state index in [0.29, 0.717) is 22.2 Å². The summed E-state index contributed by atoms with van der Waals surface area (Å²) < 4.78 is 28.0.